The van der Waals surface area contributed by atoms with Crippen LogP contribution >= 0.6 is 11.6 Å². The average molecular weight is 337 g/mol. The second-order valence-corrected chi connectivity index (χ2v) is 5.79. The first kappa shape index (κ1) is 16.1. The van der Waals surface area contributed by atoms with Gasteiger partial charge in [0.05, 0.1) is 6.42 Å². The number of carbonyl (C=O) groups excluding carboxylic acids is 1. The summed E-state index contributed by atoms with van der Waals surface area (Å²) in [5.74, 6) is -0.0909. The van der Waals surface area contributed by atoms with Gasteiger partial charge in [-0.15, -0.1) is 0 Å². The molecule has 3 aromatic carbocycles. The molecule has 3 rings (SSSR count). The Morgan fingerprint density at radius 1 is 0.750 bits per heavy atom. The molecule has 2 N–H and O–H groups in total. The predicted molar refractivity (Wildman–Crippen MR) is 100.0 cm³/mol. The summed E-state index contributed by atoms with van der Waals surface area (Å²) in [5, 5.41) is 6.79. The lowest BCUT2D eigenvalue weighted by atomic mass is 10.1. The number of anilines is 3. The van der Waals surface area contributed by atoms with E-state index in [0.717, 1.165) is 22.6 Å². The van der Waals surface area contributed by atoms with Crippen molar-refractivity contribution in [3.05, 3.63) is 89.4 Å². The molecule has 0 aliphatic heterocycles. The summed E-state index contributed by atoms with van der Waals surface area (Å²) in [6.45, 7) is 0. The van der Waals surface area contributed by atoms with E-state index in [9.17, 15) is 4.79 Å². The molecule has 3 aromatic rings. The molecule has 0 fully saturated rings. The summed E-state index contributed by atoms with van der Waals surface area (Å²) < 4.78 is 0. The first-order chi connectivity index (χ1) is 11.7. The Bertz CT molecular complexity index is 817. The van der Waals surface area contributed by atoms with Crippen molar-refractivity contribution in [1.29, 1.82) is 0 Å². The molecule has 0 atom stereocenters. The van der Waals surface area contributed by atoms with Crippen LogP contribution in [0.15, 0.2) is 78.9 Å². The van der Waals surface area contributed by atoms with E-state index >= 15 is 0 Å². The number of hydrogen-bond donors (Lipinski definition) is 2. The van der Waals surface area contributed by atoms with Gasteiger partial charge in [0.1, 0.15) is 0 Å². The molecule has 1 amide bonds. The summed E-state index contributed by atoms with van der Waals surface area (Å²) >= 11 is 6.08. The smallest absolute Gasteiger partial charge is 0.228 e. The first-order valence-electron chi connectivity index (χ1n) is 7.66. The van der Waals surface area contributed by atoms with Gasteiger partial charge >= 0.3 is 0 Å². The summed E-state index contributed by atoms with van der Waals surface area (Å²) in [4.78, 5) is 12.1. The number of benzene rings is 3. The molecule has 0 aliphatic rings. The van der Waals surface area contributed by atoms with Gasteiger partial charge in [-0.05, 0) is 48.0 Å². The average Bonchev–Trinajstić information content (AvgIpc) is 2.60. The minimum Gasteiger partial charge on any atom is -0.356 e. The molecule has 0 heterocycles. The molecule has 0 aliphatic carbocycles. The van der Waals surface area contributed by atoms with Crippen molar-refractivity contribution in [2.75, 3.05) is 10.6 Å². The van der Waals surface area contributed by atoms with Crippen molar-refractivity contribution >= 4 is 34.6 Å². The maximum atomic E-state index is 12.1. The van der Waals surface area contributed by atoms with E-state index in [4.69, 9.17) is 11.6 Å². The van der Waals surface area contributed by atoms with Gasteiger partial charge in [0, 0.05) is 22.1 Å². The zero-order valence-corrected chi connectivity index (χ0v) is 13.8. The number of rotatable bonds is 5. The lowest BCUT2D eigenvalue weighted by Crippen LogP contribution is -2.14. The number of amides is 1. The SMILES string of the molecule is O=C(Cc1ccccc1Cl)Nc1ccc(Nc2ccccc2)cc1. The normalized spacial score (nSPS) is 10.2. The molecule has 0 aromatic heterocycles. The highest BCUT2D eigenvalue weighted by atomic mass is 35.5. The third kappa shape index (κ3) is 4.37. The molecule has 3 nitrogen and oxygen atoms in total. The monoisotopic (exact) mass is 336 g/mol. The number of hydrogen-bond acceptors (Lipinski definition) is 2. The van der Waals surface area contributed by atoms with Crippen LogP contribution < -0.4 is 10.6 Å². The summed E-state index contributed by atoms with van der Waals surface area (Å²) in [6, 6.07) is 24.9. The Hall–Kier alpha value is -2.78. The van der Waals surface area contributed by atoms with Gasteiger partial charge in [0.2, 0.25) is 5.91 Å². The van der Waals surface area contributed by atoms with E-state index in [-0.39, 0.29) is 12.3 Å². The third-order valence-electron chi connectivity index (χ3n) is 3.54. The zero-order chi connectivity index (χ0) is 16.8. The Morgan fingerprint density at radius 2 is 1.33 bits per heavy atom. The fourth-order valence-corrected chi connectivity index (χ4v) is 2.55. The summed E-state index contributed by atoms with van der Waals surface area (Å²) in [5.41, 5.74) is 3.56. The Labute approximate surface area is 146 Å². The molecule has 0 radical (unpaired) electrons. The van der Waals surface area contributed by atoms with Gasteiger partial charge < -0.3 is 10.6 Å². The van der Waals surface area contributed by atoms with Crippen molar-refractivity contribution in [2.45, 2.75) is 6.42 Å². The molecule has 120 valence electrons. The van der Waals surface area contributed by atoms with E-state index in [2.05, 4.69) is 10.6 Å². The highest BCUT2D eigenvalue weighted by Gasteiger charge is 2.07. The van der Waals surface area contributed by atoms with Gasteiger partial charge in [-0.25, -0.2) is 0 Å². The van der Waals surface area contributed by atoms with Crippen molar-refractivity contribution in [3.8, 4) is 0 Å². The Morgan fingerprint density at radius 3 is 2.04 bits per heavy atom. The molecule has 24 heavy (non-hydrogen) atoms. The summed E-state index contributed by atoms with van der Waals surface area (Å²) in [6.07, 6.45) is 0.254. The van der Waals surface area contributed by atoms with Crippen LogP contribution in [0.3, 0.4) is 0 Å². The minimum atomic E-state index is -0.0909. The number of carbonyl (C=O) groups is 1. The first-order valence-corrected chi connectivity index (χ1v) is 8.04. The van der Waals surface area contributed by atoms with Crippen LogP contribution in [0.2, 0.25) is 5.02 Å². The van der Waals surface area contributed by atoms with E-state index < -0.39 is 0 Å². The van der Waals surface area contributed by atoms with Crippen LogP contribution in [0.25, 0.3) is 0 Å². The number of para-hydroxylation sites is 1. The van der Waals surface area contributed by atoms with Crippen molar-refractivity contribution in [1.82, 2.24) is 0 Å². The number of nitrogens with one attached hydrogen (secondary N) is 2. The highest BCUT2D eigenvalue weighted by molar-refractivity contribution is 6.31. The second-order valence-electron chi connectivity index (χ2n) is 5.38. The second kappa shape index (κ2) is 7.66. The lowest BCUT2D eigenvalue weighted by Gasteiger charge is -2.09. The van der Waals surface area contributed by atoms with Crippen LogP contribution in [0.4, 0.5) is 17.1 Å². The zero-order valence-electron chi connectivity index (χ0n) is 13.0. The van der Waals surface area contributed by atoms with Crippen LogP contribution in [0, 0.1) is 0 Å². The van der Waals surface area contributed by atoms with Gasteiger partial charge in [-0.3, -0.25) is 4.79 Å². The fraction of sp³-hybridized carbons (Fsp3) is 0.0500. The third-order valence-corrected chi connectivity index (χ3v) is 3.91. The molecule has 0 unspecified atom stereocenters. The van der Waals surface area contributed by atoms with Crippen LogP contribution in [0.5, 0.6) is 0 Å². The predicted octanol–water partition coefficient (Wildman–Crippen LogP) is 5.26. The van der Waals surface area contributed by atoms with Crippen molar-refractivity contribution in [2.24, 2.45) is 0 Å². The standard InChI is InChI=1S/C20H17ClN2O/c21-19-9-5-4-6-15(19)14-20(24)23-18-12-10-17(11-13-18)22-16-7-2-1-3-8-16/h1-13,22H,14H2,(H,23,24). The summed E-state index contributed by atoms with van der Waals surface area (Å²) in [7, 11) is 0. The Kier molecular flexibility index (Phi) is 5.14. The van der Waals surface area contributed by atoms with E-state index in [0.29, 0.717) is 5.02 Å². The van der Waals surface area contributed by atoms with E-state index in [1.54, 1.807) is 6.07 Å². The van der Waals surface area contributed by atoms with Crippen LogP contribution in [-0.2, 0) is 11.2 Å². The molecule has 0 saturated carbocycles. The van der Waals surface area contributed by atoms with Crippen molar-refractivity contribution < 1.29 is 4.79 Å². The van der Waals surface area contributed by atoms with E-state index in [1.165, 1.54) is 0 Å². The molecule has 0 saturated heterocycles. The molecular formula is C20H17ClN2O. The Balaban J connectivity index is 1.60. The quantitative estimate of drug-likeness (QED) is 0.666. The highest BCUT2D eigenvalue weighted by Crippen LogP contribution is 2.20. The maximum Gasteiger partial charge on any atom is 0.228 e. The van der Waals surface area contributed by atoms with Crippen molar-refractivity contribution in [3.63, 3.8) is 0 Å². The molecule has 0 bridgehead atoms. The topological polar surface area (TPSA) is 41.1 Å². The van der Waals surface area contributed by atoms with Crippen LogP contribution in [-0.4, -0.2) is 5.91 Å². The van der Waals surface area contributed by atoms with Gasteiger partial charge in [0.25, 0.3) is 0 Å². The molecule has 0 spiro atoms. The fourth-order valence-electron chi connectivity index (χ4n) is 2.34. The van der Waals surface area contributed by atoms with Crippen LogP contribution in [0.1, 0.15) is 5.56 Å². The maximum absolute atomic E-state index is 12.1. The van der Waals surface area contributed by atoms with Gasteiger partial charge in [-0.2, -0.15) is 0 Å². The van der Waals surface area contributed by atoms with Gasteiger partial charge in [0.15, 0.2) is 0 Å². The number of halogens is 1. The van der Waals surface area contributed by atoms with Gasteiger partial charge in [-0.1, -0.05) is 48.0 Å². The lowest BCUT2D eigenvalue weighted by molar-refractivity contribution is -0.115. The minimum absolute atomic E-state index is 0.0909. The van der Waals surface area contributed by atoms with E-state index in [1.807, 2.05) is 72.8 Å². The largest absolute Gasteiger partial charge is 0.356 e. The molecular weight excluding hydrogens is 320 g/mol. The molecule has 4 heteroatoms.